The summed E-state index contributed by atoms with van der Waals surface area (Å²) in [6.45, 7) is 0.430. The fourth-order valence-electron chi connectivity index (χ4n) is 2.60. The molecule has 2 amide bonds. The van der Waals surface area contributed by atoms with E-state index in [9.17, 15) is 9.59 Å². The van der Waals surface area contributed by atoms with Crippen molar-refractivity contribution in [3.8, 4) is 5.69 Å². The van der Waals surface area contributed by atoms with Crippen molar-refractivity contribution in [2.24, 2.45) is 0 Å². The van der Waals surface area contributed by atoms with Crippen LogP contribution in [0.5, 0.6) is 0 Å². The van der Waals surface area contributed by atoms with Crippen molar-refractivity contribution in [1.82, 2.24) is 20.2 Å². The molecule has 23 heavy (non-hydrogen) atoms. The zero-order valence-electron chi connectivity index (χ0n) is 12.8. The van der Waals surface area contributed by atoms with Crippen LogP contribution in [0.2, 0.25) is 0 Å². The number of para-hydroxylation sites is 1. The van der Waals surface area contributed by atoms with Crippen molar-refractivity contribution in [3.05, 3.63) is 42.2 Å². The Morgan fingerprint density at radius 2 is 2.22 bits per heavy atom. The van der Waals surface area contributed by atoms with E-state index in [4.69, 9.17) is 0 Å². The first-order chi connectivity index (χ1) is 11.2. The number of thioether (sulfide) groups is 1. The molecule has 1 atom stereocenters. The molecule has 0 bridgehead atoms. The lowest BCUT2D eigenvalue weighted by Gasteiger charge is -2.13. The number of rotatable bonds is 5. The first-order valence-electron chi connectivity index (χ1n) is 7.43. The summed E-state index contributed by atoms with van der Waals surface area (Å²) in [6.07, 6.45) is 4.80. The summed E-state index contributed by atoms with van der Waals surface area (Å²) >= 11 is 1.49. The molecule has 1 aliphatic rings. The Morgan fingerprint density at radius 1 is 1.43 bits per heavy atom. The van der Waals surface area contributed by atoms with Crippen molar-refractivity contribution in [3.63, 3.8) is 0 Å². The highest BCUT2D eigenvalue weighted by molar-refractivity contribution is 7.98. The van der Waals surface area contributed by atoms with Crippen molar-refractivity contribution < 1.29 is 9.59 Å². The smallest absolute Gasteiger partial charge is 0.270 e. The zero-order chi connectivity index (χ0) is 16.2. The quantitative estimate of drug-likeness (QED) is 0.817. The van der Waals surface area contributed by atoms with E-state index in [1.807, 2.05) is 41.2 Å². The van der Waals surface area contributed by atoms with Gasteiger partial charge < -0.3 is 10.6 Å². The predicted molar refractivity (Wildman–Crippen MR) is 88.8 cm³/mol. The minimum Gasteiger partial charge on any atom is -0.352 e. The normalized spacial score (nSPS) is 17.1. The molecule has 0 aliphatic carbocycles. The van der Waals surface area contributed by atoms with E-state index in [1.54, 1.807) is 6.20 Å². The molecule has 7 heteroatoms. The van der Waals surface area contributed by atoms with E-state index in [1.165, 1.54) is 11.8 Å². The molecule has 0 spiro atoms. The molecule has 120 valence electrons. The van der Waals surface area contributed by atoms with Gasteiger partial charge in [-0.25, -0.2) is 4.98 Å². The Hall–Kier alpha value is -2.28. The van der Waals surface area contributed by atoms with Gasteiger partial charge in [0, 0.05) is 24.7 Å². The molecule has 0 saturated carbocycles. The summed E-state index contributed by atoms with van der Waals surface area (Å²) in [5.74, 6) is -0.147. The number of hydrogen-bond acceptors (Lipinski definition) is 4. The number of carbonyl (C=O) groups excluding carboxylic acids is 2. The molecular weight excluding hydrogens is 312 g/mol. The Bertz CT molecular complexity index is 714. The second-order valence-corrected chi connectivity index (χ2v) is 6.09. The average molecular weight is 330 g/mol. The number of benzene rings is 1. The van der Waals surface area contributed by atoms with Gasteiger partial charge in [0.2, 0.25) is 5.91 Å². The van der Waals surface area contributed by atoms with Crippen LogP contribution in [0.15, 0.2) is 41.7 Å². The third-order valence-electron chi connectivity index (χ3n) is 3.75. The SMILES string of the molecule is CSc1ncc(C(=O)NCC2CCC(=O)N2)n1-c1ccccc1. The second-order valence-electron chi connectivity index (χ2n) is 5.31. The van der Waals surface area contributed by atoms with E-state index in [0.29, 0.717) is 18.7 Å². The molecule has 1 aliphatic heterocycles. The summed E-state index contributed by atoms with van der Waals surface area (Å²) < 4.78 is 1.84. The van der Waals surface area contributed by atoms with Crippen LogP contribution in [0.4, 0.5) is 0 Å². The Balaban J connectivity index is 1.78. The van der Waals surface area contributed by atoms with Crippen LogP contribution in [-0.4, -0.2) is 40.2 Å². The fourth-order valence-corrected chi connectivity index (χ4v) is 3.15. The van der Waals surface area contributed by atoms with Crippen molar-refractivity contribution in [2.45, 2.75) is 24.0 Å². The molecule has 1 aromatic carbocycles. The van der Waals surface area contributed by atoms with Gasteiger partial charge in [-0.15, -0.1) is 0 Å². The second kappa shape index (κ2) is 6.87. The molecule has 2 aromatic rings. The van der Waals surface area contributed by atoms with Gasteiger partial charge in [0.25, 0.3) is 5.91 Å². The lowest BCUT2D eigenvalue weighted by Crippen LogP contribution is -2.38. The lowest BCUT2D eigenvalue weighted by molar-refractivity contribution is -0.119. The van der Waals surface area contributed by atoms with E-state index in [-0.39, 0.29) is 17.9 Å². The van der Waals surface area contributed by atoms with Gasteiger partial charge >= 0.3 is 0 Å². The van der Waals surface area contributed by atoms with Crippen LogP contribution in [0.1, 0.15) is 23.3 Å². The number of amides is 2. The van der Waals surface area contributed by atoms with Gasteiger partial charge in [-0.2, -0.15) is 0 Å². The molecule has 2 heterocycles. The Morgan fingerprint density at radius 3 is 2.87 bits per heavy atom. The minimum absolute atomic E-state index is 0.0135. The summed E-state index contributed by atoms with van der Waals surface area (Å²) in [4.78, 5) is 28.0. The van der Waals surface area contributed by atoms with Gasteiger partial charge in [-0.1, -0.05) is 30.0 Å². The number of nitrogens with zero attached hydrogens (tertiary/aromatic N) is 2. The average Bonchev–Trinajstić information content (AvgIpc) is 3.19. The molecule has 6 nitrogen and oxygen atoms in total. The minimum atomic E-state index is -0.192. The lowest BCUT2D eigenvalue weighted by atomic mass is 10.2. The van der Waals surface area contributed by atoms with E-state index >= 15 is 0 Å². The van der Waals surface area contributed by atoms with Crippen LogP contribution in [0.25, 0.3) is 5.69 Å². The first kappa shape index (κ1) is 15.6. The van der Waals surface area contributed by atoms with Gasteiger partial charge in [-0.05, 0) is 24.8 Å². The number of imidazole rings is 1. The van der Waals surface area contributed by atoms with E-state index in [2.05, 4.69) is 15.6 Å². The summed E-state index contributed by atoms with van der Waals surface area (Å²) in [7, 11) is 0. The van der Waals surface area contributed by atoms with Crippen LogP contribution >= 0.6 is 11.8 Å². The van der Waals surface area contributed by atoms with Crippen LogP contribution < -0.4 is 10.6 Å². The van der Waals surface area contributed by atoms with Crippen LogP contribution in [-0.2, 0) is 4.79 Å². The monoisotopic (exact) mass is 330 g/mol. The number of hydrogen-bond donors (Lipinski definition) is 2. The van der Waals surface area contributed by atoms with Gasteiger partial charge in [0.1, 0.15) is 5.69 Å². The zero-order valence-corrected chi connectivity index (χ0v) is 13.6. The third kappa shape index (κ3) is 3.39. The summed E-state index contributed by atoms with van der Waals surface area (Å²) in [5.41, 5.74) is 1.39. The largest absolute Gasteiger partial charge is 0.352 e. The third-order valence-corrected chi connectivity index (χ3v) is 4.41. The maximum absolute atomic E-state index is 12.5. The first-order valence-corrected chi connectivity index (χ1v) is 8.66. The number of aromatic nitrogens is 2. The standard InChI is InChI=1S/C16H18N4O2S/c1-23-16-18-10-13(20(16)12-5-3-2-4-6-12)15(22)17-9-11-7-8-14(21)19-11/h2-6,10-11H,7-9H2,1H3,(H,17,22)(H,19,21). The molecule has 0 radical (unpaired) electrons. The fraction of sp³-hybridized carbons (Fsp3) is 0.312. The van der Waals surface area contributed by atoms with Gasteiger partial charge in [0.05, 0.1) is 6.20 Å². The van der Waals surface area contributed by atoms with Gasteiger partial charge in [0.15, 0.2) is 5.16 Å². The topological polar surface area (TPSA) is 76.0 Å². The molecule has 1 aromatic heterocycles. The Labute approximate surface area is 138 Å². The van der Waals surface area contributed by atoms with Crippen LogP contribution in [0.3, 0.4) is 0 Å². The highest BCUT2D eigenvalue weighted by Gasteiger charge is 2.23. The van der Waals surface area contributed by atoms with Crippen LogP contribution in [0, 0.1) is 0 Å². The highest BCUT2D eigenvalue weighted by atomic mass is 32.2. The molecule has 3 rings (SSSR count). The van der Waals surface area contributed by atoms with E-state index < -0.39 is 0 Å². The van der Waals surface area contributed by atoms with Crippen molar-refractivity contribution >= 4 is 23.6 Å². The molecule has 2 N–H and O–H groups in total. The predicted octanol–water partition coefficient (Wildman–Crippen LogP) is 1.60. The van der Waals surface area contributed by atoms with Crippen molar-refractivity contribution in [1.29, 1.82) is 0 Å². The molecule has 1 fully saturated rings. The number of carbonyl (C=O) groups is 2. The maximum Gasteiger partial charge on any atom is 0.270 e. The van der Waals surface area contributed by atoms with E-state index in [0.717, 1.165) is 17.3 Å². The Kier molecular flexibility index (Phi) is 4.66. The molecular formula is C16H18N4O2S. The molecule has 1 saturated heterocycles. The molecule has 1 unspecified atom stereocenters. The highest BCUT2D eigenvalue weighted by Crippen LogP contribution is 2.21. The maximum atomic E-state index is 12.5. The summed E-state index contributed by atoms with van der Waals surface area (Å²) in [5, 5.41) is 6.49. The summed E-state index contributed by atoms with van der Waals surface area (Å²) in [6, 6.07) is 9.68. The van der Waals surface area contributed by atoms with Gasteiger partial charge in [-0.3, -0.25) is 14.2 Å². The number of nitrogens with one attached hydrogen (secondary N) is 2. The van der Waals surface area contributed by atoms with Crippen molar-refractivity contribution in [2.75, 3.05) is 12.8 Å².